The van der Waals surface area contributed by atoms with Crippen LogP contribution in [-0.2, 0) is 14.3 Å². The van der Waals surface area contributed by atoms with E-state index in [1.807, 2.05) is 6.92 Å². The summed E-state index contributed by atoms with van der Waals surface area (Å²) < 4.78 is 5.13. The number of esters is 1. The zero-order chi connectivity index (χ0) is 10.9. The van der Waals surface area contributed by atoms with Crippen LogP contribution in [0.1, 0.15) is 39.0 Å². The standard InChI is InChI=1S/C12H16O3/c1-2-15-11(14)12-6-3-4-9(12)8-10(13)5-7-12/h8H,2-7H2,1H3/t12-/m0/s1. The molecule has 2 aliphatic rings. The second kappa shape index (κ2) is 3.80. The van der Waals surface area contributed by atoms with Crippen molar-refractivity contribution in [2.24, 2.45) is 5.41 Å². The van der Waals surface area contributed by atoms with Gasteiger partial charge in [-0.05, 0) is 44.3 Å². The van der Waals surface area contributed by atoms with Crippen LogP contribution in [0.15, 0.2) is 11.6 Å². The van der Waals surface area contributed by atoms with E-state index in [0.717, 1.165) is 24.8 Å². The van der Waals surface area contributed by atoms with Gasteiger partial charge in [0, 0.05) is 6.42 Å². The molecule has 0 N–H and O–H groups in total. The van der Waals surface area contributed by atoms with Crippen molar-refractivity contribution in [1.82, 2.24) is 0 Å². The molecule has 3 nitrogen and oxygen atoms in total. The molecule has 0 radical (unpaired) electrons. The van der Waals surface area contributed by atoms with Gasteiger partial charge in [0.15, 0.2) is 5.78 Å². The van der Waals surface area contributed by atoms with Gasteiger partial charge < -0.3 is 4.74 Å². The van der Waals surface area contributed by atoms with Crippen LogP contribution in [0.2, 0.25) is 0 Å². The molecule has 0 unspecified atom stereocenters. The summed E-state index contributed by atoms with van der Waals surface area (Å²) in [6.45, 7) is 2.24. The molecule has 0 saturated heterocycles. The fourth-order valence-electron chi connectivity index (χ4n) is 2.68. The Kier molecular flexibility index (Phi) is 2.63. The molecule has 0 bridgehead atoms. The molecule has 0 aromatic heterocycles. The first kappa shape index (κ1) is 10.4. The van der Waals surface area contributed by atoms with Gasteiger partial charge in [0.25, 0.3) is 0 Å². The number of allylic oxidation sites excluding steroid dienone is 1. The first-order valence-corrected chi connectivity index (χ1v) is 5.60. The number of fused-ring (bicyclic) bond motifs is 1. The molecular formula is C12H16O3. The summed E-state index contributed by atoms with van der Waals surface area (Å²) in [6.07, 6.45) is 5.54. The highest BCUT2D eigenvalue weighted by Crippen LogP contribution is 2.49. The molecule has 0 amide bonds. The lowest BCUT2D eigenvalue weighted by molar-refractivity contribution is -0.153. The van der Waals surface area contributed by atoms with Crippen molar-refractivity contribution < 1.29 is 14.3 Å². The molecular weight excluding hydrogens is 192 g/mol. The topological polar surface area (TPSA) is 43.4 Å². The van der Waals surface area contributed by atoms with E-state index in [-0.39, 0.29) is 11.8 Å². The van der Waals surface area contributed by atoms with Gasteiger partial charge in [0.2, 0.25) is 0 Å². The van der Waals surface area contributed by atoms with Crippen molar-refractivity contribution in [2.75, 3.05) is 6.61 Å². The van der Waals surface area contributed by atoms with Gasteiger partial charge in [-0.25, -0.2) is 0 Å². The van der Waals surface area contributed by atoms with Gasteiger partial charge in [0.1, 0.15) is 0 Å². The van der Waals surface area contributed by atoms with Crippen molar-refractivity contribution >= 4 is 11.8 Å². The number of ketones is 1. The van der Waals surface area contributed by atoms with Gasteiger partial charge >= 0.3 is 5.97 Å². The fourth-order valence-corrected chi connectivity index (χ4v) is 2.68. The first-order chi connectivity index (χ1) is 7.19. The second-order valence-corrected chi connectivity index (χ2v) is 4.29. The van der Waals surface area contributed by atoms with E-state index >= 15 is 0 Å². The van der Waals surface area contributed by atoms with Crippen molar-refractivity contribution in [3.05, 3.63) is 11.6 Å². The van der Waals surface area contributed by atoms with Crippen LogP contribution in [0.5, 0.6) is 0 Å². The summed E-state index contributed by atoms with van der Waals surface area (Å²) in [6, 6.07) is 0. The molecule has 1 saturated carbocycles. The van der Waals surface area contributed by atoms with Crippen molar-refractivity contribution in [3.8, 4) is 0 Å². The third-order valence-corrected chi connectivity index (χ3v) is 3.46. The number of hydrogen-bond donors (Lipinski definition) is 0. The van der Waals surface area contributed by atoms with Crippen LogP contribution in [0.3, 0.4) is 0 Å². The maximum absolute atomic E-state index is 11.9. The SMILES string of the molecule is CCOC(=O)[C@]12CCCC1=CC(=O)CC2. The van der Waals surface area contributed by atoms with Crippen LogP contribution in [0.25, 0.3) is 0 Å². The maximum atomic E-state index is 11.9. The summed E-state index contributed by atoms with van der Waals surface area (Å²) in [5.41, 5.74) is 0.571. The van der Waals surface area contributed by atoms with E-state index in [1.54, 1.807) is 6.08 Å². The highest BCUT2D eigenvalue weighted by atomic mass is 16.5. The number of ether oxygens (including phenoxy) is 1. The van der Waals surface area contributed by atoms with Gasteiger partial charge in [0.05, 0.1) is 12.0 Å². The Morgan fingerprint density at radius 2 is 2.27 bits per heavy atom. The normalized spacial score (nSPS) is 29.7. The monoisotopic (exact) mass is 208 g/mol. The summed E-state index contributed by atoms with van der Waals surface area (Å²) in [4.78, 5) is 23.2. The third-order valence-electron chi connectivity index (χ3n) is 3.46. The van der Waals surface area contributed by atoms with E-state index in [0.29, 0.717) is 19.4 Å². The van der Waals surface area contributed by atoms with Gasteiger partial charge in [-0.1, -0.05) is 0 Å². The Bertz CT molecular complexity index is 330. The smallest absolute Gasteiger partial charge is 0.316 e. The Morgan fingerprint density at radius 3 is 3.00 bits per heavy atom. The van der Waals surface area contributed by atoms with Crippen LogP contribution in [-0.4, -0.2) is 18.4 Å². The average molecular weight is 208 g/mol. The highest BCUT2D eigenvalue weighted by molar-refractivity contribution is 5.95. The van der Waals surface area contributed by atoms with Gasteiger partial charge in [-0.15, -0.1) is 0 Å². The van der Waals surface area contributed by atoms with Crippen LogP contribution in [0.4, 0.5) is 0 Å². The number of rotatable bonds is 2. The van der Waals surface area contributed by atoms with E-state index in [2.05, 4.69) is 0 Å². The maximum Gasteiger partial charge on any atom is 0.316 e. The van der Waals surface area contributed by atoms with E-state index in [4.69, 9.17) is 4.74 Å². The van der Waals surface area contributed by atoms with Crippen molar-refractivity contribution in [2.45, 2.75) is 39.0 Å². The van der Waals surface area contributed by atoms with Crippen molar-refractivity contribution in [3.63, 3.8) is 0 Å². The first-order valence-electron chi connectivity index (χ1n) is 5.60. The van der Waals surface area contributed by atoms with E-state index in [1.165, 1.54) is 0 Å². The Balaban J connectivity index is 2.29. The Labute approximate surface area is 89.5 Å². The predicted molar refractivity (Wildman–Crippen MR) is 55.2 cm³/mol. The molecule has 1 fully saturated rings. The summed E-state index contributed by atoms with van der Waals surface area (Å²) in [5, 5.41) is 0. The molecule has 0 heterocycles. The molecule has 0 aliphatic heterocycles. The number of carbonyl (C=O) groups excluding carboxylic acids is 2. The second-order valence-electron chi connectivity index (χ2n) is 4.29. The summed E-state index contributed by atoms with van der Waals surface area (Å²) >= 11 is 0. The van der Waals surface area contributed by atoms with E-state index < -0.39 is 5.41 Å². The molecule has 3 heteroatoms. The molecule has 0 aromatic rings. The third kappa shape index (κ3) is 1.60. The van der Waals surface area contributed by atoms with Crippen LogP contribution >= 0.6 is 0 Å². The van der Waals surface area contributed by atoms with Crippen LogP contribution in [0, 0.1) is 5.41 Å². The Morgan fingerprint density at radius 1 is 1.47 bits per heavy atom. The molecule has 82 valence electrons. The van der Waals surface area contributed by atoms with Gasteiger partial charge in [-0.2, -0.15) is 0 Å². The largest absolute Gasteiger partial charge is 0.465 e. The summed E-state index contributed by atoms with van der Waals surface area (Å²) in [7, 11) is 0. The number of hydrogen-bond acceptors (Lipinski definition) is 3. The fraction of sp³-hybridized carbons (Fsp3) is 0.667. The number of carbonyl (C=O) groups is 2. The van der Waals surface area contributed by atoms with Gasteiger partial charge in [-0.3, -0.25) is 9.59 Å². The molecule has 2 rings (SSSR count). The predicted octanol–water partition coefficient (Wildman–Crippen LogP) is 2.01. The molecule has 0 aromatic carbocycles. The zero-order valence-electron chi connectivity index (χ0n) is 9.04. The highest BCUT2D eigenvalue weighted by Gasteiger charge is 2.48. The minimum atomic E-state index is -0.441. The quantitative estimate of drug-likeness (QED) is 0.652. The lowest BCUT2D eigenvalue weighted by Gasteiger charge is -2.30. The summed E-state index contributed by atoms with van der Waals surface area (Å²) in [5.74, 6) is 0.0353. The lowest BCUT2D eigenvalue weighted by atomic mass is 9.74. The molecule has 15 heavy (non-hydrogen) atoms. The molecule has 1 atom stereocenters. The minimum absolute atomic E-state index is 0.124. The zero-order valence-corrected chi connectivity index (χ0v) is 9.04. The lowest BCUT2D eigenvalue weighted by Crippen LogP contribution is -2.35. The van der Waals surface area contributed by atoms with Crippen molar-refractivity contribution in [1.29, 1.82) is 0 Å². The molecule has 2 aliphatic carbocycles. The average Bonchev–Trinajstić information content (AvgIpc) is 2.62. The molecule has 0 spiro atoms. The van der Waals surface area contributed by atoms with E-state index in [9.17, 15) is 9.59 Å². The Hall–Kier alpha value is -1.12. The van der Waals surface area contributed by atoms with Crippen LogP contribution < -0.4 is 0 Å². The minimum Gasteiger partial charge on any atom is -0.465 e.